The summed E-state index contributed by atoms with van der Waals surface area (Å²) < 4.78 is 5.13. The molecule has 0 unspecified atom stereocenters. The lowest BCUT2D eigenvalue weighted by atomic mass is 10.1. The monoisotopic (exact) mass is 418 g/mol. The van der Waals surface area contributed by atoms with Crippen LogP contribution >= 0.6 is 11.6 Å². The van der Waals surface area contributed by atoms with Crippen LogP contribution in [-0.2, 0) is 9.53 Å². The van der Waals surface area contributed by atoms with E-state index in [1.54, 1.807) is 12.1 Å². The number of rotatable bonds is 8. The highest BCUT2D eigenvalue weighted by atomic mass is 35.5. The second-order valence-corrected chi connectivity index (χ2v) is 6.62. The number of ketones is 1. The Balaban J connectivity index is 2.05. The molecule has 0 aliphatic rings. The van der Waals surface area contributed by atoms with E-state index in [2.05, 4.69) is 5.32 Å². The first kappa shape index (κ1) is 22.0. The third-order valence-electron chi connectivity index (χ3n) is 3.96. The molecule has 0 saturated heterocycles. The molecule has 0 heterocycles. The number of benzene rings is 2. The normalized spacial score (nSPS) is 11.4. The molecule has 8 nitrogen and oxygen atoms in total. The van der Waals surface area contributed by atoms with Crippen molar-refractivity contribution in [1.29, 1.82) is 0 Å². The number of nitro groups is 1. The van der Waals surface area contributed by atoms with Gasteiger partial charge in [-0.25, -0.2) is 4.79 Å². The van der Waals surface area contributed by atoms with Gasteiger partial charge in [0.15, 0.2) is 6.10 Å². The molecule has 1 amide bonds. The Morgan fingerprint density at radius 2 is 1.76 bits per heavy atom. The highest BCUT2D eigenvalue weighted by Gasteiger charge is 2.23. The van der Waals surface area contributed by atoms with Gasteiger partial charge in [0.2, 0.25) is 11.7 Å². The number of nitro benzene ring substituents is 1. The Morgan fingerprint density at radius 1 is 1.14 bits per heavy atom. The van der Waals surface area contributed by atoms with Crippen molar-refractivity contribution in [2.45, 2.75) is 32.8 Å². The van der Waals surface area contributed by atoms with E-state index < -0.39 is 28.5 Å². The minimum absolute atomic E-state index is 0.0882. The Hall–Kier alpha value is -3.26. The van der Waals surface area contributed by atoms with Gasteiger partial charge in [-0.15, -0.1) is 0 Å². The summed E-state index contributed by atoms with van der Waals surface area (Å²) in [6, 6.07) is 9.69. The zero-order chi connectivity index (χ0) is 21.6. The molecule has 1 atom stereocenters. The lowest BCUT2D eigenvalue weighted by Gasteiger charge is -2.13. The SMILES string of the molecule is CCCC(=O)Nc1ccc(C(=O)[C@@H](C)OC(=O)c2ccc(Cl)c([N+](=O)[O-])c2)cc1. The number of esters is 1. The van der Waals surface area contributed by atoms with E-state index in [-0.39, 0.29) is 16.5 Å². The van der Waals surface area contributed by atoms with Gasteiger partial charge in [0, 0.05) is 23.7 Å². The van der Waals surface area contributed by atoms with Gasteiger partial charge in [0.05, 0.1) is 10.5 Å². The van der Waals surface area contributed by atoms with E-state index in [9.17, 15) is 24.5 Å². The molecule has 0 radical (unpaired) electrons. The maximum atomic E-state index is 12.5. The van der Waals surface area contributed by atoms with Gasteiger partial charge in [0.1, 0.15) is 5.02 Å². The molecular weight excluding hydrogens is 400 g/mol. The molecular formula is C20H19ClN2O6. The van der Waals surface area contributed by atoms with Crippen LogP contribution in [-0.4, -0.2) is 28.7 Å². The molecule has 2 aromatic rings. The number of amides is 1. The molecule has 0 aliphatic carbocycles. The topological polar surface area (TPSA) is 116 Å². The summed E-state index contributed by atoms with van der Waals surface area (Å²) in [5.41, 5.74) is 0.328. The van der Waals surface area contributed by atoms with Crippen LogP contribution in [0, 0.1) is 10.1 Å². The highest BCUT2D eigenvalue weighted by Crippen LogP contribution is 2.25. The Bertz CT molecular complexity index is 942. The second kappa shape index (κ2) is 9.79. The van der Waals surface area contributed by atoms with E-state index in [1.165, 1.54) is 31.2 Å². The van der Waals surface area contributed by atoms with Crippen LogP contribution in [0.25, 0.3) is 0 Å². The summed E-state index contributed by atoms with van der Waals surface area (Å²) in [7, 11) is 0. The van der Waals surface area contributed by atoms with E-state index in [0.717, 1.165) is 12.5 Å². The third-order valence-corrected chi connectivity index (χ3v) is 4.28. The average Bonchev–Trinajstić information content (AvgIpc) is 2.68. The van der Waals surface area contributed by atoms with Crippen LogP contribution in [0.2, 0.25) is 5.02 Å². The number of ether oxygens (including phenoxy) is 1. The van der Waals surface area contributed by atoms with E-state index in [1.807, 2.05) is 6.92 Å². The Kier molecular flexibility index (Phi) is 7.44. The summed E-state index contributed by atoms with van der Waals surface area (Å²) in [5, 5.41) is 13.5. The molecule has 9 heteroatoms. The molecule has 0 aliphatic heterocycles. The standard InChI is InChI=1S/C20H19ClN2O6/c1-3-4-18(24)22-15-8-5-13(6-9-15)19(25)12(2)29-20(26)14-7-10-16(21)17(11-14)23(27)28/h5-12H,3-4H2,1-2H3,(H,22,24)/t12-/m1/s1. The summed E-state index contributed by atoms with van der Waals surface area (Å²) >= 11 is 5.72. The first-order valence-corrected chi connectivity index (χ1v) is 9.19. The zero-order valence-corrected chi connectivity index (χ0v) is 16.6. The Morgan fingerprint density at radius 3 is 2.34 bits per heavy atom. The van der Waals surface area contributed by atoms with Crippen molar-refractivity contribution in [3.8, 4) is 0 Å². The molecule has 0 bridgehead atoms. The van der Waals surface area contributed by atoms with Gasteiger partial charge < -0.3 is 10.1 Å². The molecule has 1 N–H and O–H groups in total. The van der Waals surface area contributed by atoms with Crippen LogP contribution < -0.4 is 5.32 Å². The van der Waals surface area contributed by atoms with Gasteiger partial charge in [-0.05, 0) is 49.7 Å². The predicted octanol–water partition coefficient (Wildman–Crippen LogP) is 4.42. The number of nitrogens with one attached hydrogen (secondary N) is 1. The van der Waals surface area contributed by atoms with Crippen molar-refractivity contribution >= 4 is 40.6 Å². The van der Waals surface area contributed by atoms with Gasteiger partial charge in [-0.2, -0.15) is 0 Å². The smallest absolute Gasteiger partial charge is 0.339 e. The number of nitrogens with zero attached hydrogens (tertiary/aromatic N) is 1. The molecule has 2 rings (SSSR count). The molecule has 0 spiro atoms. The van der Waals surface area contributed by atoms with Crippen molar-refractivity contribution in [3.63, 3.8) is 0 Å². The van der Waals surface area contributed by atoms with Crippen molar-refractivity contribution in [2.24, 2.45) is 0 Å². The zero-order valence-electron chi connectivity index (χ0n) is 15.8. The van der Waals surface area contributed by atoms with Crippen molar-refractivity contribution in [1.82, 2.24) is 0 Å². The maximum absolute atomic E-state index is 12.5. The minimum atomic E-state index is -1.11. The fourth-order valence-electron chi connectivity index (χ4n) is 2.46. The molecule has 0 fully saturated rings. The van der Waals surface area contributed by atoms with Crippen LogP contribution in [0.3, 0.4) is 0 Å². The number of hydrogen-bond donors (Lipinski definition) is 1. The maximum Gasteiger partial charge on any atom is 0.339 e. The molecule has 0 saturated carbocycles. The van der Waals surface area contributed by atoms with Crippen molar-refractivity contribution < 1.29 is 24.0 Å². The number of anilines is 1. The van der Waals surface area contributed by atoms with Gasteiger partial charge in [-0.3, -0.25) is 19.7 Å². The van der Waals surface area contributed by atoms with Gasteiger partial charge in [0.25, 0.3) is 5.69 Å². The van der Waals surface area contributed by atoms with Crippen LogP contribution in [0.4, 0.5) is 11.4 Å². The highest BCUT2D eigenvalue weighted by molar-refractivity contribution is 6.32. The number of halogens is 1. The molecule has 152 valence electrons. The van der Waals surface area contributed by atoms with E-state index in [4.69, 9.17) is 16.3 Å². The summed E-state index contributed by atoms with van der Waals surface area (Å²) in [6.07, 6.45) is 0.0104. The predicted molar refractivity (Wildman–Crippen MR) is 107 cm³/mol. The summed E-state index contributed by atoms with van der Waals surface area (Å²) in [5.74, 6) is -1.45. The summed E-state index contributed by atoms with van der Waals surface area (Å²) in [4.78, 5) is 46.5. The van der Waals surface area contributed by atoms with Crippen LogP contribution in [0.15, 0.2) is 42.5 Å². The minimum Gasteiger partial charge on any atom is -0.451 e. The fraction of sp³-hybridized carbons (Fsp3) is 0.250. The van der Waals surface area contributed by atoms with Crippen molar-refractivity contribution in [3.05, 3.63) is 68.7 Å². The molecule has 2 aromatic carbocycles. The van der Waals surface area contributed by atoms with Gasteiger partial charge >= 0.3 is 5.97 Å². The third kappa shape index (κ3) is 5.86. The van der Waals surface area contributed by atoms with Crippen LogP contribution in [0.1, 0.15) is 47.4 Å². The largest absolute Gasteiger partial charge is 0.451 e. The first-order valence-electron chi connectivity index (χ1n) is 8.82. The van der Waals surface area contributed by atoms with Crippen molar-refractivity contribution in [2.75, 3.05) is 5.32 Å². The number of hydrogen-bond acceptors (Lipinski definition) is 6. The fourth-order valence-corrected chi connectivity index (χ4v) is 2.65. The Labute approximate surface area is 172 Å². The average molecular weight is 419 g/mol. The quantitative estimate of drug-likeness (QED) is 0.293. The lowest BCUT2D eigenvalue weighted by molar-refractivity contribution is -0.384. The van der Waals surface area contributed by atoms with E-state index >= 15 is 0 Å². The molecule has 29 heavy (non-hydrogen) atoms. The second-order valence-electron chi connectivity index (χ2n) is 6.21. The number of Topliss-reactive ketones (excluding diaryl/α,β-unsaturated/α-hetero) is 1. The number of carbonyl (C=O) groups excluding carboxylic acids is 3. The molecule has 0 aromatic heterocycles. The first-order chi connectivity index (χ1) is 13.7. The lowest BCUT2D eigenvalue weighted by Crippen LogP contribution is -2.24. The summed E-state index contributed by atoms with van der Waals surface area (Å²) in [6.45, 7) is 3.30. The van der Waals surface area contributed by atoms with Crippen LogP contribution in [0.5, 0.6) is 0 Å². The van der Waals surface area contributed by atoms with Gasteiger partial charge in [-0.1, -0.05) is 18.5 Å². The van der Waals surface area contributed by atoms with E-state index in [0.29, 0.717) is 17.7 Å². The number of carbonyl (C=O) groups is 3.